The number of H-pyrrole nitrogens is 1. The highest BCUT2D eigenvalue weighted by Crippen LogP contribution is 2.53. The maximum atomic E-state index is 13.2. The van der Waals surface area contributed by atoms with Crippen molar-refractivity contribution in [1.29, 1.82) is 0 Å². The predicted molar refractivity (Wildman–Crippen MR) is 146 cm³/mol. The minimum Gasteiger partial charge on any atom is -0.355 e. The Kier molecular flexibility index (Phi) is 5.38. The largest absolute Gasteiger partial charge is 0.355 e. The van der Waals surface area contributed by atoms with Crippen LogP contribution < -0.4 is 10.6 Å². The molecule has 8 rings (SSSR count). The molecular weight excluding hydrogens is 458 g/mol. The first kappa shape index (κ1) is 22.3. The third-order valence-corrected chi connectivity index (χ3v) is 8.90. The molecule has 4 fully saturated rings. The Morgan fingerprint density at radius 1 is 0.703 bits per heavy atom. The number of fused-ring (bicyclic) bond motifs is 1. The number of carbonyl (C=O) groups is 2. The fourth-order valence-electron chi connectivity index (χ4n) is 7.35. The molecule has 0 aliphatic heterocycles. The van der Waals surface area contributed by atoms with Gasteiger partial charge in [0.1, 0.15) is 0 Å². The van der Waals surface area contributed by atoms with Crippen LogP contribution in [-0.4, -0.2) is 22.8 Å². The molecule has 2 amide bonds. The molecule has 0 radical (unpaired) electrons. The zero-order valence-electron chi connectivity index (χ0n) is 20.7. The zero-order chi connectivity index (χ0) is 24.9. The summed E-state index contributed by atoms with van der Waals surface area (Å²) >= 11 is 0. The Hall–Kier alpha value is -3.86. The number of hydrogen-bond acceptors (Lipinski definition) is 2. The summed E-state index contributed by atoms with van der Waals surface area (Å²) in [5.74, 6) is 3.07. The number of nitrogens with one attached hydrogen (secondary N) is 3. The van der Waals surface area contributed by atoms with E-state index >= 15 is 0 Å². The van der Waals surface area contributed by atoms with Crippen molar-refractivity contribution in [3.05, 3.63) is 90.0 Å². The van der Waals surface area contributed by atoms with Crippen LogP contribution in [-0.2, 0) is 0 Å². The van der Waals surface area contributed by atoms with Crippen molar-refractivity contribution < 1.29 is 9.59 Å². The highest BCUT2D eigenvalue weighted by atomic mass is 16.2. The summed E-state index contributed by atoms with van der Waals surface area (Å²) in [6, 6.07) is 25.4. The third-order valence-electron chi connectivity index (χ3n) is 8.90. The second-order valence-corrected chi connectivity index (χ2v) is 11.3. The van der Waals surface area contributed by atoms with Crippen LogP contribution in [0.25, 0.3) is 22.2 Å². The van der Waals surface area contributed by atoms with Crippen molar-refractivity contribution in [2.45, 2.75) is 38.1 Å². The molecule has 4 bridgehead atoms. The number of anilines is 1. The Balaban J connectivity index is 1.05. The van der Waals surface area contributed by atoms with Gasteiger partial charge in [0.15, 0.2) is 0 Å². The minimum absolute atomic E-state index is 0.0561. The van der Waals surface area contributed by atoms with Crippen molar-refractivity contribution in [3.8, 4) is 11.3 Å². The van der Waals surface area contributed by atoms with Crippen LogP contribution in [0, 0.1) is 23.7 Å². The Bertz CT molecular complexity index is 1440. The van der Waals surface area contributed by atoms with Gasteiger partial charge in [-0.05, 0) is 110 Å². The van der Waals surface area contributed by atoms with Crippen LogP contribution in [0.3, 0.4) is 0 Å². The molecule has 37 heavy (non-hydrogen) atoms. The molecule has 4 aromatic rings. The quantitative estimate of drug-likeness (QED) is 0.294. The normalized spacial score (nSPS) is 25.8. The van der Waals surface area contributed by atoms with Crippen molar-refractivity contribution in [3.63, 3.8) is 0 Å². The second-order valence-electron chi connectivity index (χ2n) is 11.3. The van der Waals surface area contributed by atoms with E-state index in [2.05, 4.69) is 21.7 Å². The fraction of sp³-hybridized carbons (Fsp3) is 0.312. The lowest BCUT2D eigenvalue weighted by Crippen LogP contribution is -2.55. The number of amides is 2. The monoisotopic (exact) mass is 489 g/mol. The van der Waals surface area contributed by atoms with Gasteiger partial charge < -0.3 is 15.6 Å². The smallest absolute Gasteiger partial charge is 0.255 e. The van der Waals surface area contributed by atoms with E-state index in [1.807, 2.05) is 60.7 Å². The Morgan fingerprint density at radius 3 is 2.11 bits per heavy atom. The van der Waals surface area contributed by atoms with E-state index in [0.717, 1.165) is 45.2 Å². The molecule has 4 aliphatic rings. The molecule has 5 nitrogen and oxygen atoms in total. The molecule has 1 heterocycles. The third kappa shape index (κ3) is 4.22. The van der Waals surface area contributed by atoms with Gasteiger partial charge in [0.2, 0.25) is 0 Å². The van der Waals surface area contributed by atoms with Crippen LogP contribution in [0.1, 0.15) is 52.8 Å². The molecule has 3 N–H and O–H groups in total. The number of aromatic amines is 1. The van der Waals surface area contributed by atoms with Crippen molar-refractivity contribution in [1.82, 2.24) is 10.3 Å². The molecule has 0 spiro atoms. The first-order valence-corrected chi connectivity index (χ1v) is 13.5. The topological polar surface area (TPSA) is 74.0 Å². The standard InChI is InChI=1S/C32H31N3O2/c36-31(22-4-2-1-3-5-22)33-27-9-6-21(7-10-27)29-18-24-17-23(8-11-28(24)34-29)32(37)35-30-25-13-19-12-20(15-25)16-26(30)14-19/h1-11,17-20,25-26,30,34H,12-16H2,(H,33,36)(H,35,37). The first-order valence-electron chi connectivity index (χ1n) is 13.5. The number of aromatic nitrogens is 1. The van der Waals surface area contributed by atoms with Crippen molar-refractivity contribution in [2.24, 2.45) is 23.7 Å². The van der Waals surface area contributed by atoms with Gasteiger partial charge in [-0.15, -0.1) is 0 Å². The summed E-state index contributed by atoms with van der Waals surface area (Å²) in [7, 11) is 0. The Morgan fingerprint density at radius 2 is 1.41 bits per heavy atom. The van der Waals surface area contributed by atoms with E-state index < -0.39 is 0 Å². The van der Waals surface area contributed by atoms with Crippen LogP contribution in [0.5, 0.6) is 0 Å². The van der Waals surface area contributed by atoms with E-state index in [-0.39, 0.29) is 11.8 Å². The summed E-state index contributed by atoms with van der Waals surface area (Å²) in [5.41, 5.74) is 5.11. The van der Waals surface area contributed by atoms with Gasteiger partial charge in [-0.3, -0.25) is 9.59 Å². The summed E-state index contributed by atoms with van der Waals surface area (Å²) in [4.78, 5) is 29.1. The van der Waals surface area contributed by atoms with Gasteiger partial charge in [-0.2, -0.15) is 0 Å². The molecule has 1 aromatic heterocycles. The number of carbonyl (C=O) groups excluding carboxylic acids is 2. The van der Waals surface area contributed by atoms with Crippen LogP contribution in [0.2, 0.25) is 0 Å². The van der Waals surface area contributed by atoms with Gasteiger partial charge in [-0.25, -0.2) is 0 Å². The summed E-state index contributed by atoms with van der Waals surface area (Å²) in [6.07, 6.45) is 6.62. The van der Waals surface area contributed by atoms with Gasteiger partial charge in [0, 0.05) is 39.5 Å². The van der Waals surface area contributed by atoms with E-state index in [9.17, 15) is 9.59 Å². The Labute approximate surface area is 216 Å². The minimum atomic E-state index is -0.126. The summed E-state index contributed by atoms with van der Waals surface area (Å²) < 4.78 is 0. The molecule has 4 saturated carbocycles. The molecule has 4 aliphatic carbocycles. The molecule has 5 heteroatoms. The fourth-order valence-corrected chi connectivity index (χ4v) is 7.35. The zero-order valence-corrected chi connectivity index (χ0v) is 20.7. The highest BCUT2D eigenvalue weighted by molar-refractivity contribution is 6.04. The lowest BCUT2D eigenvalue weighted by molar-refractivity contribution is -0.0119. The molecule has 0 saturated heterocycles. The van der Waals surface area contributed by atoms with E-state index in [1.165, 1.54) is 32.1 Å². The molecule has 186 valence electrons. The predicted octanol–water partition coefficient (Wildman–Crippen LogP) is 6.64. The van der Waals surface area contributed by atoms with Gasteiger partial charge in [-0.1, -0.05) is 30.3 Å². The first-order chi connectivity index (χ1) is 18.1. The van der Waals surface area contributed by atoms with E-state index in [4.69, 9.17) is 0 Å². The molecule has 3 aromatic carbocycles. The molecular formula is C32H31N3O2. The highest BCUT2D eigenvalue weighted by Gasteiger charge is 2.48. The summed E-state index contributed by atoms with van der Waals surface area (Å²) in [6.45, 7) is 0. The maximum Gasteiger partial charge on any atom is 0.255 e. The van der Waals surface area contributed by atoms with E-state index in [0.29, 0.717) is 23.4 Å². The number of hydrogen-bond donors (Lipinski definition) is 3. The van der Waals surface area contributed by atoms with Crippen molar-refractivity contribution in [2.75, 3.05) is 5.32 Å². The van der Waals surface area contributed by atoms with Gasteiger partial charge in [0.25, 0.3) is 11.8 Å². The SMILES string of the molecule is O=C(Nc1ccc(-c2cc3cc(C(=O)NC4C5CC6CC(C5)CC4C6)ccc3[nH]2)cc1)c1ccccc1. The lowest BCUT2D eigenvalue weighted by atomic mass is 9.54. The van der Waals surface area contributed by atoms with Crippen LogP contribution in [0.15, 0.2) is 78.9 Å². The average Bonchev–Trinajstić information content (AvgIpc) is 3.35. The molecule has 0 atom stereocenters. The summed E-state index contributed by atoms with van der Waals surface area (Å²) in [5, 5.41) is 7.40. The molecule has 0 unspecified atom stereocenters. The van der Waals surface area contributed by atoms with Gasteiger partial charge in [0.05, 0.1) is 0 Å². The number of rotatable bonds is 5. The van der Waals surface area contributed by atoms with Crippen LogP contribution >= 0.6 is 0 Å². The average molecular weight is 490 g/mol. The van der Waals surface area contributed by atoms with Crippen LogP contribution in [0.4, 0.5) is 5.69 Å². The second kappa shape index (κ2) is 8.91. The number of benzene rings is 3. The lowest BCUT2D eigenvalue weighted by Gasteiger charge is -2.54. The van der Waals surface area contributed by atoms with Crippen molar-refractivity contribution >= 4 is 28.4 Å². The van der Waals surface area contributed by atoms with E-state index in [1.54, 1.807) is 12.1 Å². The van der Waals surface area contributed by atoms with Gasteiger partial charge >= 0.3 is 0 Å². The maximum absolute atomic E-state index is 13.2.